The Morgan fingerprint density at radius 3 is 1.88 bits per heavy atom. The SMILES string of the molecule is COc1ccc(C(O[13CH2][13C@H]2O[13C@@H]([15n]3[13cH]cc([15NH]C(=O)c4ccccc4)[15n]c3=O)[13C@H](O)[13C@@H]2O)(c2ccccc2)c2ccc(OC)cc2)cc1. The van der Waals surface area contributed by atoms with E-state index in [0.29, 0.717) is 17.1 Å². The molecule has 1 aliphatic heterocycles. The standard InChI is InChI=1S/C37H35N3O8/c1-45-28-17-13-26(14-18-28)37(25-11-7-4-8-12-25,27-15-19-29(46-2)20-16-27)47-23-30-32(41)33(42)35(48-30)40-22-21-31(39-36(40)44)38-34(43)24-9-5-3-6-10-24/h3-22,30,32-33,35,41-42H,23H2,1-2H3,(H,38,39,43,44)/t30-,32-,33-,35-/m1/s1/i22+1,23+1,30+1,32+1,33+1,35+1,38+1,39+1,40+1. The van der Waals surface area contributed by atoms with Crippen LogP contribution in [-0.2, 0) is 15.1 Å². The first-order valence-electron chi connectivity index (χ1n) is 15.3. The number of nitrogens with zero attached hydrogens (tertiary/aromatic N) is 2. The molecule has 1 aromatic heterocycles. The van der Waals surface area contributed by atoms with E-state index in [0.717, 1.165) is 21.3 Å². The van der Waals surface area contributed by atoms with Gasteiger partial charge >= 0.3 is 5.69 Å². The quantitative estimate of drug-likeness (QED) is 0.109. The fourth-order valence-corrected chi connectivity index (χ4v) is 5.83. The van der Waals surface area contributed by atoms with Crippen LogP contribution in [0.25, 0.3) is 0 Å². The van der Waals surface area contributed by atoms with Gasteiger partial charge in [-0.1, -0.05) is 72.8 Å². The molecule has 1 saturated heterocycles. The summed E-state index contributed by atoms with van der Waals surface area (Å²) in [6.07, 6.45) is -3.83. The second-order valence-electron chi connectivity index (χ2n) is 11.2. The van der Waals surface area contributed by atoms with Crippen molar-refractivity contribution in [2.45, 2.75) is 30.1 Å². The first-order chi connectivity index (χ1) is 23.3. The first kappa shape index (κ1) is 32.6. The smallest absolute Gasteiger partial charge is 0.351 e. The molecule has 5 aromatic rings. The van der Waals surface area contributed by atoms with Crippen LogP contribution in [0.1, 0.15) is 33.3 Å². The Morgan fingerprint density at radius 1 is 0.792 bits per heavy atom. The zero-order valence-electron chi connectivity index (χ0n) is 26.3. The third-order valence-corrected chi connectivity index (χ3v) is 8.36. The normalized spacial score (nSPS) is 19.1. The number of aromatic nitrogens is 2. The number of aliphatic hydroxyl groups is 2. The molecule has 4 atom stereocenters. The van der Waals surface area contributed by atoms with Crippen molar-refractivity contribution >= 4 is 11.7 Å². The van der Waals surface area contributed by atoms with Crippen molar-refractivity contribution in [2.24, 2.45) is 0 Å². The number of rotatable bonds is 11. The van der Waals surface area contributed by atoms with E-state index in [2.05, 4.69) is 10.3 Å². The molecular formula is C37H35N3O8. The molecule has 246 valence electrons. The van der Waals surface area contributed by atoms with E-state index in [-0.39, 0.29) is 12.4 Å². The van der Waals surface area contributed by atoms with Gasteiger partial charge in [-0.15, -0.1) is 0 Å². The van der Waals surface area contributed by atoms with Gasteiger partial charge in [-0.3, -0.25) is 9.36 Å². The molecular weight excluding hydrogens is 623 g/mol. The minimum absolute atomic E-state index is 0.0321. The van der Waals surface area contributed by atoms with E-state index in [1.54, 1.807) is 44.6 Å². The highest BCUT2D eigenvalue weighted by atomic mass is 16.8. The van der Waals surface area contributed by atoms with Crippen LogP contribution in [0.5, 0.6) is 11.5 Å². The lowest BCUT2D eigenvalue weighted by Crippen LogP contribution is -2.39. The van der Waals surface area contributed by atoms with Crippen LogP contribution in [0.3, 0.4) is 0 Å². The Bertz CT molecular complexity index is 1840. The largest absolute Gasteiger partial charge is 0.497 e. The zero-order valence-corrected chi connectivity index (χ0v) is 26.3. The third kappa shape index (κ3) is 6.44. The van der Waals surface area contributed by atoms with Gasteiger partial charge < -0.3 is 34.5 Å². The number of hydrogen-bond acceptors (Lipinski definition) is 9. The van der Waals surface area contributed by atoms with Crippen LogP contribution >= 0.6 is 0 Å². The molecule has 6 rings (SSSR count). The van der Waals surface area contributed by atoms with Crippen LogP contribution in [0.2, 0.25) is 0 Å². The van der Waals surface area contributed by atoms with Gasteiger partial charge in [-0.2, -0.15) is 4.98 Å². The second-order valence-corrected chi connectivity index (χ2v) is 11.2. The van der Waals surface area contributed by atoms with E-state index >= 15 is 0 Å². The first-order valence-corrected chi connectivity index (χ1v) is 15.3. The van der Waals surface area contributed by atoms with Gasteiger partial charge in [-0.25, -0.2) is 4.79 Å². The Balaban J connectivity index is 1.29. The molecule has 1 amide bonds. The molecule has 4 aromatic carbocycles. The molecule has 11 heteroatoms. The molecule has 3 N–H and O–H groups in total. The van der Waals surface area contributed by atoms with Crippen LogP contribution in [0, 0.1) is 0 Å². The number of carbonyl (C=O) groups excluding carboxylic acids is 1. The minimum atomic E-state index is -1.48. The minimum Gasteiger partial charge on any atom is -0.497 e. The highest BCUT2D eigenvalue weighted by Crippen LogP contribution is 2.42. The van der Waals surface area contributed by atoms with E-state index < -0.39 is 41.7 Å². The summed E-state index contributed by atoms with van der Waals surface area (Å²) in [7, 11) is 3.18. The summed E-state index contributed by atoms with van der Waals surface area (Å²) in [5, 5.41) is 24.8. The maximum atomic E-state index is 13.1. The number of anilines is 1. The maximum Gasteiger partial charge on any atom is 0.351 e. The monoisotopic (exact) mass is 658 g/mol. The third-order valence-electron chi connectivity index (χ3n) is 8.36. The molecule has 0 aliphatic carbocycles. The van der Waals surface area contributed by atoms with Crippen molar-refractivity contribution in [3.63, 3.8) is 0 Å². The number of ether oxygens (including phenoxy) is 4. The van der Waals surface area contributed by atoms with Gasteiger partial charge in [0.1, 0.15) is 41.2 Å². The van der Waals surface area contributed by atoms with E-state index in [9.17, 15) is 19.8 Å². The van der Waals surface area contributed by atoms with Crippen molar-refractivity contribution < 1.29 is 34.0 Å². The fraction of sp³-hybridized carbons (Fsp3) is 0.216. The number of benzene rings is 4. The number of hydrogen-bond donors (Lipinski definition) is 3. The van der Waals surface area contributed by atoms with Gasteiger partial charge in [0.15, 0.2) is 6.23 Å². The zero-order chi connectivity index (χ0) is 33.7. The molecule has 1 aliphatic rings. The van der Waals surface area contributed by atoms with Gasteiger partial charge in [-0.05, 0) is 59.2 Å². The van der Waals surface area contributed by atoms with Crippen molar-refractivity contribution in [1.29, 1.82) is 0 Å². The van der Waals surface area contributed by atoms with Crippen LogP contribution in [-0.4, -0.2) is 64.8 Å². The predicted octanol–water partition coefficient (Wildman–Crippen LogP) is 4.14. The van der Waals surface area contributed by atoms with Gasteiger partial charge in [0, 0.05) is 11.8 Å². The highest BCUT2D eigenvalue weighted by molar-refractivity contribution is 6.03. The van der Waals surface area contributed by atoms with Crippen molar-refractivity contribution in [3.8, 4) is 11.5 Å². The molecule has 0 unspecified atom stereocenters. The van der Waals surface area contributed by atoms with Crippen molar-refractivity contribution in [3.05, 3.63) is 154 Å². The maximum absolute atomic E-state index is 13.1. The lowest BCUT2D eigenvalue weighted by atomic mass is 9.80. The fourth-order valence-electron chi connectivity index (χ4n) is 5.83. The summed E-state index contributed by atoms with van der Waals surface area (Å²) in [5.41, 5.74) is 0.783. The molecule has 11 nitrogen and oxygen atoms in total. The van der Waals surface area contributed by atoms with Gasteiger partial charge in [0.25, 0.3) is 5.91 Å². The number of carbonyl (C=O) groups is 1. The summed E-state index contributed by atoms with van der Waals surface area (Å²) in [5.74, 6) is 0.937. The van der Waals surface area contributed by atoms with Crippen molar-refractivity contribution in [2.75, 3.05) is 26.1 Å². The molecule has 48 heavy (non-hydrogen) atoms. The predicted molar refractivity (Wildman–Crippen MR) is 177 cm³/mol. The van der Waals surface area contributed by atoms with E-state index in [1.165, 1.54) is 12.3 Å². The summed E-state index contributed by atoms with van der Waals surface area (Å²) in [6, 6.07) is 34.5. The number of amides is 1. The molecule has 0 bridgehead atoms. The summed E-state index contributed by atoms with van der Waals surface area (Å²) in [4.78, 5) is 29.6. The summed E-state index contributed by atoms with van der Waals surface area (Å²) in [6.45, 7) is -0.172. The van der Waals surface area contributed by atoms with Crippen LogP contribution in [0.4, 0.5) is 5.82 Å². The Kier molecular flexibility index (Phi) is 9.65. The average molecular weight is 659 g/mol. The Labute approximate surface area is 277 Å². The molecule has 0 saturated carbocycles. The topological polar surface area (TPSA) is 141 Å². The Hall–Kier alpha value is -5.33. The summed E-state index contributed by atoms with van der Waals surface area (Å²) >= 11 is 0. The number of aliphatic hydroxyl groups excluding tert-OH is 2. The van der Waals surface area contributed by atoms with Gasteiger partial charge in [0.05, 0.1) is 20.8 Å². The lowest BCUT2D eigenvalue weighted by Gasteiger charge is -2.37. The summed E-state index contributed by atoms with van der Waals surface area (Å²) < 4.78 is 24.8. The van der Waals surface area contributed by atoms with Gasteiger partial charge in [0.2, 0.25) is 0 Å². The van der Waals surface area contributed by atoms with Crippen LogP contribution in [0.15, 0.2) is 126 Å². The molecule has 0 radical (unpaired) electrons. The van der Waals surface area contributed by atoms with Crippen LogP contribution < -0.4 is 20.5 Å². The Morgan fingerprint density at radius 2 is 1.33 bits per heavy atom. The molecule has 1 fully saturated rings. The number of nitrogens with one attached hydrogen (secondary N) is 1. The van der Waals surface area contributed by atoms with Crippen molar-refractivity contribution in [1.82, 2.24) is 9.55 Å². The highest BCUT2D eigenvalue weighted by Gasteiger charge is 2.46. The molecule has 0 spiro atoms. The van der Waals surface area contributed by atoms with E-state index in [4.69, 9.17) is 18.9 Å². The molecule has 2 heterocycles. The second kappa shape index (κ2) is 14.2. The van der Waals surface area contributed by atoms with E-state index in [1.807, 2.05) is 78.9 Å². The number of methoxy groups -OCH3 is 2. The average Bonchev–Trinajstić information content (AvgIpc) is 3.42. The lowest BCUT2D eigenvalue weighted by molar-refractivity contribution is -0.0958.